The average molecular weight is 323 g/mol. The molecule has 0 fully saturated rings. The first-order valence-corrected chi connectivity index (χ1v) is 6.88. The van der Waals surface area contributed by atoms with Crippen LogP contribution in [0.1, 0.15) is 32.2 Å². The molecule has 2 rings (SSSR count). The molecule has 0 aliphatic heterocycles. The maximum absolute atomic E-state index is 13.6. The summed E-state index contributed by atoms with van der Waals surface area (Å²) in [5.41, 5.74) is 1.97. The molecule has 0 bridgehead atoms. The Morgan fingerprint density at radius 2 is 1.79 bits per heavy atom. The van der Waals surface area contributed by atoms with Gasteiger partial charge in [0.25, 0.3) is 0 Å². The minimum atomic E-state index is -0.218. The fraction of sp³-hybridized carbons (Fsp3) is 0.333. The van der Waals surface area contributed by atoms with E-state index in [2.05, 4.69) is 25.9 Å². The third-order valence-corrected chi connectivity index (χ3v) is 3.24. The van der Waals surface area contributed by atoms with Crippen LogP contribution in [0.5, 0.6) is 0 Å². The first-order valence-electron chi connectivity index (χ1n) is 6.09. The van der Waals surface area contributed by atoms with Gasteiger partial charge in [0.2, 0.25) is 0 Å². The van der Waals surface area contributed by atoms with E-state index in [4.69, 9.17) is 0 Å². The van der Waals surface area contributed by atoms with Crippen LogP contribution in [0.15, 0.2) is 28.9 Å². The zero-order valence-corrected chi connectivity index (χ0v) is 13.0. The van der Waals surface area contributed by atoms with Gasteiger partial charge in [0.15, 0.2) is 0 Å². The molecular weight excluding hydrogens is 307 g/mol. The van der Waals surface area contributed by atoms with Crippen molar-refractivity contribution < 1.29 is 4.39 Å². The molecule has 2 nitrogen and oxygen atoms in total. The highest BCUT2D eigenvalue weighted by atomic mass is 79.9. The van der Waals surface area contributed by atoms with Crippen LogP contribution in [-0.2, 0) is 5.41 Å². The molecule has 2 aromatic rings. The summed E-state index contributed by atoms with van der Waals surface area (Å²) in [6.07, 6.45) is 0. The van der Waals surface area contributed by atoms with Gasteiger partial charge in [-0.3, -0.25) is 0 Å². The number of aromatic nitrogens is 2. The first-order chi connectivity index (χ1) is 8.77. The van der Waals surface area contributed by atoms with E-state index in [-0.39, 0.29) is 11.2 Å². The van der Waals surface area contributed by atoms with E-state index in [0.29, 0.717) is 10.2 Å². The van der Waals surface area contributed by atoms with Gasteiger partial charge in [-0.05, 0) is 40.5 Å². The van der Waals surface area contributed by atoms with E-state index in [0.717, 1.165) is 17.1 Å². The van der Waals surface area contributed by atoms with Crippen LogP contribution >= 0.6 is 15.9 Å². The van der Waals surface area contributed by atoms with Crippen molar-refractivity contribution in [3.05, 3.63) is 46.1 Å². The molecule has 0 radical (unpaired) electrons. The third kappa shape index (κ3) is 3.18. The van der Waals surface area contributed by atoms with E-state index in [1.54, 1.807) is 19.1 Å². The van der Waals surface area contributed by atoms with Crippen LogP contribution in [0.3, 0.4) is 0 Å². The highest BCUT2D eigenvalue weighted by molar-refractivity contribution is 9.10. The number of aryl methyl sites for hydroxylation is 1. The molecule has 100 valence electrons. The normalized spacial score (nSPS) is 11.7. The lowest BCUT2D eigenvalue weighted by atomic mass is 9.95. The van der Waals surface area contributed by atoms with Gasteiger partial charge in [0.05, 0.1) is 5.69 Å². The molecule has 0 aliphatic rings. The maximum Gasteiger partial charge on any atom is 0.135 e. The average Bonchev–Trinajstić information content (AvgIpc) is 2.31. The van der Waals surface area contributed by atoms with Crippen molar-refractivity contribution in [3.63, 3.8) is 0 Å². The molecule has 1 aromatic heterocycles. The van der Waals surface area contributed by atoms with Crippen LogP contribution in [0.25, 0.3) is 11.3 Å². The minimum absolute atomic E-state index is 0.151. The summed E-state index contributed by atoms with van der Waals surface area (Å²) in [5.74, 6) is 0.516. The summed E-state index contributed by atoms with van der Waals surface area (Å²) >= 11 is 3.39. The molecule has 4 heteroatoms. The number of hydrogen-bond donors (Lipinski definition) is 0. The van der Waals surface area contributed by atoms with Crippen LogP contribution in [0.2, 0.25) is 0 Å². The van der Waals surface area contributed by atoms with Crippen molar-refractivity contribution in [1.29, 1.82) is 0 Å². The largest absolute Gasteiger partial charge is 0.232 e. The molecule has 1 heterocycles. The van der Waals surface area contributed by atoms with Crippen molar-refractivity contribution in [2.75, 3.05) is 0 Å². The lowest BCUT2D eigenvalue weighted by Crippen LogP contribution is -2.16. The standard InChI is InChI=1S/C15H16BrFN2/c1-9-5-6-10(7-11(9)17)12-8-13(16)19-14(18-12)15(2,3)4/h5-8H,1-4H3. The summed E-state index contributed by atoms with van der Waals surface area (Å²) in [7, 11) is 0. The molecule has 19 heavy (non-hydrogen) atoms. The zero-order chi connectivity index (χ0) is 14.2. The van der Waals surface area contributed by atoms with Gasteiger partial charge in [-0.1, -0.05) is 32.9 Å². The van der Waals surface area contributed by atoms with Gasteiger partial charge in [0, 0.05) is 11.0 Å². The van der Waals surface area contributed by atoms with E-state index >= 15 is 0 Å². The Balaban J connectivity index is 2.56. The monoisotopic (exact) mass is 322 g/mol. The van der Waals surface area contributed by atoms with Gasteiger partial charge in [-0.2, -0.15) is 0 Å². The molecular formula is C15H16BrFN2. The van der Waals surface area contributed by atoms with Crippen molar-refractivity contribution in [3.8, 4) is 11.3 Å². The molecule has 0 saturated heterocycles. The Kier molecular flexibility index (Phi) is 3.72. The summed E-state index contributed by atoms with van der Waals surface area (Å²) < 4.78 is 14.4. The topological polar surface area (TPSA) is 25.8 Å². The highest BCUT2D eigenvalue weighted by Crippen LogP contribution is 2.26. The molecule has 0 unspecified atom stereocenters. The lowest BCUT2D eigenvalue weighted by Gasteiger charge is -2.17. The molecule has 0 saturated carbocycles. The highest BCUT2D eigenvalue weighted by Gasteiger charge is 2.19. The zero-order valence-electron chi connectivity index (χ0n) is 11.5. The van der Waals surface area contributed by atoms with Crippen molar-refractivity contribution in [2.24, 2.45) is 0 Å². The summed E-state index contributed by atoms with van der Waals surface area (Å²) in [5, 5.41) is 0. The number of rotatable bonds is 1. The number of benzene rings is 1. The number of halogens is 2. The fourth-order valence-corrected chi connectivity index (χ4v) is 2.04. The maximum atomic E-state index is 13.6. The van der Waals surface area contributed by atoms with Crippen LogP contribution < -0.4 is 0 Å². The SMILES string of the molecule is Cc1ccc(-c2cc(Br)nc(C(C)(C)C)n2)cc1F. The van der Waals surface area contributed by atoms with Crippen molar-refractivity contribution in [2.45, 2.75) is 33.1 Å². The van der Waals surface area contributed by atoms with Gasteiger partial charge in [-0.15, -0.1) is 0 Å². The molecule has 0 aliphatic carbocycles. The number of nitrogens with zero attached hydrogens (tertiary/aromatic N) is 2. The molecule has 1 aromatic carbocycles. The third-order valence-electron chi connectivity index (χ3n) is 2.83. The van der Waals surface area contributed by atoms with Crippen molar-refractivity contribution in [1.82, 2.24) is 9.97 Å². The van der Waals surface area contributed by atoms with Crippen LogP contribution in [0, 0.1) is 12.7 Å². The van der Waals surface area contributed by atoms with Gasteiger partial charge in [-0.25, -0.2) is 14.4 Å². The van der Waals surface area contributed by atoms with Gasteiger partial charge < -0.3 is 0 Å². The van der Waals surface area contributed by atoms with E-state index < -0.39 is 0 Å². The van der Waals surface area contributed by atoms with E-state index in [1.165, 1.54) is 6.07 Å². The summed E-state index contributed by atoms with van der Waals surface area (Å²) in [4.78, 5) is 8.92. The second kappa shape index (κ2) is 5.00. The molecule has 0 N–H and O–H groups in total. The predicted molar refractivity (Wildman–Crippen MR) is 78.6 cm³/mol. The minimum Gasteiger partial charge on any atom is -0.232 e. The lowest BCUT2D eigenvalue weighted by molar-refractivity contribution is 0.544. The molecule has 0 amide bonds. The Morgan fingerprint density at radius 3 is 2.37 bits per heavy atom. The summed E-state index contributed by atoms with van der Waals surface area (Å²) in [6.45, 7) is 7.90. The number of hydrogen-bond acceptors (Lipinski definition) is 2. The smallest absolute Gasteiger partial charge is 0.135 e. The van der Waals surface area contributed by atoms with Crippen LogP contribution in [0.4, 0.5) is 4.39 Å². The predicted octanol–water partition coefficient (Wildman–Crippen LogP) is 4.65. The fourth-order valence-electron chi connectivity index (χ4n) is 1.65. The van der Waals surface area contributed by atoms with E-state index in [9.17, 15) is 4.39 Å². The summed E-state index contributed by atoms with van der Waals surface area (Å²) in [6, 6.07) is 6.95. The van der Waals surface area contributed by atoms with E-state index in [1.807, 2.05) is 26.8 Å². The Bertz CT molecular complexity index is 618. The second-order valence-electron chi connectivity index (χ2n) is 5.61. The quantitative estimate of drug-likeness (QED) is 0.714. The molecule has 0 atom stereocenters. The van der Waals surface area contributed by atoms with Crippen molar-refractivity contribution >= 4 is 15.9 Å². The second-order valence-corrected chi connectivity index (χ2v) is 6.43. The first kappa shape index (κ1) is 14.1. The Morgan fingerprint density at radius 1 is 1.11 bits per heavy atom. The van der Waals surface area contributed by atoms with Gasteiger partial charge >= 0.3 is 0 Å². The Labute approximate surface area is 121 Å². The molecule has 0 spiro atoms. The Hall–Kier alpha value is -1.29. The van der Waals surface area contributed by atoms with Gasteiger partial charge in [0.1, 0.15) is 16.2 Å². The van der Waals surface area contributed by atoms with Crippen LogP contribution in [-0.4, -0.2) is 9.97 Å².